The normalized spacial score (nSPS) is 14.9. The van der Waals surface area contributed by atoms with E-state index in [-0.39, 0.29) is 0 Å². The smallest absolute Gasteiger partial charge is 0.156 e. The molecule has 0 bridgehead atoms. The third-order valence-electron chi connectivity index (χ3n) is 6.62. The highest BCUT2D eigenvalue weighted by Crippen LogP contribution is 2.29. The number of likely N-dealkylation sites (tertiary alicyclic amines) is 1. The Hall–Kier alpha value is -2.94. The number of nitrogens with one attached hydrogen (secondary N) is 1. The zero-order chi connectivity index (χ0) is 25.3. The van der Waals surface area contributed by atoms with Crippen molar-refractivity contribution < 1.29 is 14.2 Å². The van der Waals surface area contributed by atoms with Gasteiger partial charge in [-0.15, -0.1) is 5.10 Å². The van der Waals surface area contributed by atoms with Crippen LogP contribution in [-0.2, 0) is 17.9 Å². The molecule has 0 aliphatic carbocycles. The molecule has 4 rings (SSSR count). The molecule has 0 radical (unpaired) electrons. The van der Waals surface area contributed by atoms with Crippen LogP contribution in [0.15, 0.2) is 42.5 Å². The molecule has 0 amide bonds. The predicted molar refractivity (Wildman–Crippen MR) is 144 cm³/mol. The molecule has 1 aliphatic rings. The Kier molecular flexibility index (Phi) is 9.33. The van der Waals surface area contributed by atoms with Crippen molar-refractivity contribution in [2.24, 2.45) is 0 Å². The second-order valence-electron chi connectivity index (χ2n) is 9.68. The van der Waals surface area contributed by atoms with Gasteiger partial charge in [-0.25, -0.2) is 0 Å². The summed E-state index contributed by atoms with van der Waals surface area (Å²) in [5.41, 5.74) is 2.15. The molecule has 2 heterocycles. The third kappa shape index (κ3) is 7.06. The molecule has 0 atom stereocenters. The van der Waals surface area contributed by atoms with E-state index in [4.69, 9.17) is 14.2 Å². The fourth-order valence-corrected chi connectivity index (χ4v) is 4.61. The number of aromatic nitrogens is 2. The van der Waals surface area contributed by atoms with Gasteiger partial charge in [0.25, 0.3) is 0 Å². The molecule has 1 fully saturated rings. The second kappa shape index (κ2) is 12.9. The molecular weight excluding hydrogens is 454 g/mol. The molecule has 2 aromatic carbocycles. The molecule has 0 spiro atoms. The van der Waals surface area contributed by atoms with Gasteiger partial charge >= 0.3 is 0 Å². The lowest BCUT2D eigenvalue weighted by molar-refractivity contribution is 0.182. The van der Waals surface area contributed by atoms with Crippen molar-refractivity contribution in [3.8, 4) is 11.5 Å². The quantitative estimate of drug-likeness (QED) is 0.377. The van der Waals surface area contributed by atoms with E-state index in [9.17, 15) is 0 Å². The zero-order valence-corrected chi connectivity index (χ0v) is 22.0. The minimum absolute atomic E-state index is 0.358. The highest BCUT2D eigenvalue weighted by atomic mass is 16.5. The number of methoxy groups -OCH3 is 2. The van der Waals surface area contributed by atoms with Crippen LogP contribution < -0.4 is 14.8 Å². The summed E-state index contributed by atoms with van der Waals surface area (Å²) in [6.07, 6.45) is 3.14. The van der Waals surface area contributed by atoms with Gasteiger partial charge in [-0.05, 0) is 69.3 Å². The number of fused-ring (bicyclic) bond motifs is 1. The van der Waals surface area contributed by atoms with E-state index in [0.717, 1.165) is 85.8 Å². The van der Waals surface area contributed by atoms with Gasteiger partial charge in [0.2, 0.25) is 0 Å². The molecule has 36 heavy (non-hydrogen) atoms. The Morgan fingerprint density at radius 1 is 0.972 bits per heavy atom. The first-order valence-corrected chi connectivity index (χ1v) is 12.7. The summed E-state index contributed by atoms with van der Waals surface area (Å²) in [6, 6.07) is 14.9. The summed E-state index contributed by atoms with van der Waals surface area (Å²) < 4.78 is 16.6. The number of anilines is 1. The van der Waals surface area contributed by atoms with E-state index in [0.29, 0.717) is 12.6 Å². The Labute approximate surface area is 214 Å². The summed E-state index contributed by atoms with van der Waals surface area (Å²) in [6.45, 7) is 5.25. The Bertz CT molecular complexity index is 1100. The molecule has 1 saturated heterocycles. The standard InChI is InChI=1S/C28H39N5O3/c1-32(2)14-5-17-36-23-8-6-21(7-9-23)19-33-15-12-22(13-16-33)29-28-26-18-24(35-4)10-11-25(26)27(20-34-3)30-31-28/h6-11,18,22H,5,12-17,19-20H2,1-4H3,(H,29,31). The monoisotopic (exact) mass is 493 g/mol. The highest BCUT2D eigenvalue weighted by molar-refractivity contribution is 5.94. The fourth-order valence-electron chi connectivity index (χ4n) is 4.61. The Balaban J connectivity index is 1.30. The average molecular weight is 494 g/mol. The summed E-state index contributed by atoms with van der Waals surface area (Å²) in [4.78, 5) is 4.69. The first kappa shape index (κ1) is 26.1. The van der Waals surface area contributed by atoms with Crippen LogP contribution in [0.2, 0.25) is 0 Å². The van der Waals surface area contributed by atoms with Crippen LogP contribution in [0.5, 0.6) is 11.5 Å². The van der Waals surface area contributed by atoms with Gasteiger partial charge in [0.15, 0.2) is 5.82 Å². The van der Waals surface area contributed by atoms with E-state index < -0.39 is 0 Å². The summed E-state index contributed by atoms with van der Waals surface area (Å²) >= 11 is 0. The second-order valence-corrected chi connectivity index (χ2v) is 9.68. The number of benzene rings is 2. The number of nitrogens with zero attached hydrogens (tertiary/aromatic N) is 4. The van der Waals surface area contributed by atoms with Crippen molar-refractivity contribution in [1.82, 2.24) is 20.0 Å². The predicted octanol–water partition coefficient (Wildman–Crippen LogP) is 4.19. The van der Waals surface area contributed by atoms with Crippen molar-refractivity contribution in [2.75, 3.05) is 59.9 Å². The van der Waals surface area contributed by atoms with Crippen molar-refractivity contribution in [1.29, 1.82) is 0 Å². The van der Waals surface area contributed by atoms with Gasteiger partial charge < -0.3 is 24.4 Å². The fraction of sp³-hybridized carbons (Fsp3) is 0.500. The van der Waals surface area contributed by atoms with Crippen LogP contribution >= 0.6 is 0 Å². The van der Waals surface area contributed by atoms with Crippen LogP contribution in [0.4, 0.5) is 5.82 Å². The van der Waals surface area contributed by atoms with Crippen molar-refractivity contribution in [3.63, 3.8) is 0 Å². The number of piperidine rings is 1. The van der Waals surface area contributed by atoms with E-state index in [1.54, 1.807) is 14.2 Å². The molecule has 0 unspecified atom stereocenters. The van der Waals surface area contributed by atoms with Gasteiger partial charge in [-0.2, -0.15) is 5.10 Å². The van der Waals surface area contributed by atoms with E-state index in [1.165, 1.54) is 5.56 Å². The number of rotatable bonds is 12. The van der Waals surface area contributed by atoms with Gasteiger partial charge in [-0.3, -0.25) is 4.90 Å². The SMILES string of the molecule is COCc1nnc(NC2CCN(Cc3ccc(OCCCN(C)C)cc3)CC2)c2cc(OC)ccc12. The third-order valence-corrected chi connectivity index (χ3v) is 6.62. The molecule has 1 aliphatic heterocycles. The van der Waals surface area contributed by atoms with E-state index >= 15 is 0 Å². The zero-order valence-electron chi connectivity index (χ0n) is 22.0. The Morgan fingerprint density at radius 2 is 1.72 bits per heavy atom. The van der Waals surface area contributed by atoms with Crippen molar-refractivity contribution >= 4 is 16.6 Å². The van der Waals surface area contributed by atoms with Gasteiger partial charge in [0, 0.05) is 50.1 Å². The van der Waals surface area contributed by atoms with E-state index in [2.05, 4.69) is 63.7 Å². The molecule has 194 valence electrons. The summed E-state index contributed by atoms with van der Waals surface area (Å²) in [5, 5.41) is 14.6. The van der Waals surface area contributed by atoms with Gasteiger partial charge in [-0.1, -0.05) is 12.1 Å². The minimum atomic E-state index is 0.358. The van der Waals surface area contributed by atoms with E-state index in [1.807, 2.05) is 18.2 Å². The average Bonchev–Trinajstić information content (AvgIpc) is 2.89. The van der Waals surface area contributed by atoms with Crippen LogP contribution in [0.25, 0.3) is 10.8 Å². The topological polar surface area (TPSA) is 72.0 Å². The summed E-state index contributed by atoms with van der Waals surface area (Å²) in [7, 11) is 7.53. The number of hydrogen-bond donors (Lipinski definition) is 1. The molecular formula is C28H39N5O3. The first-order chi connectivity index (χ1) is 17.6. The number of ether oxygens (including phenoxy) is 3. The number of hydrogen-bond acceptors (Lipinski definition) is 8. The molecule has 8 heteroatoms. The van der Waals surface area contributed by atoms with Gasteiger partial charge in [0.05, 0.1) is 26.0 Å². The van der Waals surface area contributed by atoms with Crippen LogP contribution in [-0.4, -0.2) is 80.6 Å². The highest BCUT2D eigenvalue weighted by Gasteiger charge is 2.21. The largest absolute Gasteiger partial charge is 0.497 e. The minimum Gasteiger partial charge on any atom is -0.497 e. The lowest BCUT2D eigenvalue weighted by Gasteiger charge is -2.32. The summed E-state index contributed by atoms with van der Waals surface area (Å²) in [5.74, 6) is 2.56. The molecule has 3 aromatic rings. The van der Waals surface area contributed by atoms with Crippen molar-refractivity contribution in [3.05, 3.63) is 53.7 Å². The maximum absolute atomic E-state index is 5.86. The lowest BCUT2D eigenvalue weighted by Crippen LogP contribution is -2.38. The lowest BCUT2D eigenvalue weighted by atomic mass is 10.0. The molecule has 1 N–H and O–H groups in total. The Morgan fingerprint density at radius 3 is 2.42 bits per heavy atom. The van der Waals surface area contributed by atoms with Gasteiger partial charge in [0.1, 0.15) is 11.5 Å². The first-order valence-electron chi connectivity index (χ1n) is 12.7. The maximum Gasteiger partial charge on any atom is 0.156 e. The molecule has 1 aromatic heterocycles. The molecule has 0 saturated carbocycles. The van der Waals surface area contributed by atoms with Crippen LogP contribution in [0.3, 0.4) is 0 Å². The van der Waals surface area contributed by atoms with Crippen molar-refractivity contribution in [2.45, 2.75) is 38.5 Å². The molecule has 8 nitrogen and oxygen atoms in total. The van der Waals surface area contributed by atoms with Crippen LogP contribution in [0.1, 0.15) is 30.5 Å². The van der Waals surface area contributed by atoms with Crippen LogP contribution in [0, 0.1) is 0 Å². The maximum atomic E-state index is 5.86.